The summed E-state index contributed by atoms with van der Waals surface area (Å²) in [5, 5.41) is 1.30. The molecule has 0 fully saturated rings. The van der Waals surface area contributed by atoms with Crippen LogP contribution in [0.25, 0.3) is 0 Å². The van der Waals surface area contributed by atoms with Crippen molar-refractivity contribution in [1.82, 2.24) is 10.4 Å². The highest BCUT2D eigenvalue weighted by Gasteiger charge is 2.28. The van der Waals surface area contributed by atoms with E-state index < -0.39 is 17.3 Å². The second kappa shape index (κ2) is 7.25. The summed E-state index contributed by atoms with van der Waals surface area (Å²) in [4.78, 5) is 25.0. The third-order valence-electron chi connectivity index (χ3n) is 3.42. The Bertz CT molecular complexity index is 724. The number of nitrogens with one attached hydrogen (secondary N) is 1. The molecule has 2 rings (SSSR count). The van der Waals surface area contributed by atoms with Gasteiger partial charge < -0.3 is 0 Å². The number of hydrogen-bond acceptors (Lipinski definition) is 2. The van der Waals surface area contributed by atoms with Gasteiger partial charge in [-0.3, -0.25) is 15.0 Å². The van der Waals surface area contributed by atoms with Crippen molar-refractivity contribution < 1.29 is 14.0 Å². The number of halogens is 1. The van der Waals surface area contributed by atoms with Gasteiger partial charge in [-0.15, -0.1) is 0 Å². The molecule has 4 nitrogen and oxygen atoms in total. The minimum Gasteiger partial charge on any atom is -0.273 e. The van der Waals surface area contributed by atoms with Gasteiger partial charge in [0.2, 0.25) is 5.91 Å². The molecule has 0 saturated heterocycles. The molecule has 0 unspecified atom stereocenters. The Labute approximate surface area is 141 Å². The molecule has 2 aromatic carbocycles. The lowest BCUT2D eigenvalue weighted by Gasteiger charge is -2.35. The molecule has 0 aliphatic rings. The van der Waals surface area contributed by atoms with Crippen LogP contribution in [0.5, 0.6) is 0 Å². The maximum atomic E-state index is 13.3. The third-order valence-corrected chi connectivity index (χ3v) is 3.42. The van der Waals surface area contributed by atoms with Crippen LogP contribution in [0.3, 0.4) is 0 Å². The SMILES string of the molecule is CC(C)(C)N(NC(=O)c1cccc(F)c1)C(=O)Cc1ccccc1. The Hall–Kier alpha value is -2.69. The van der Waals surface area contributed by atoms with E-state index in [1.54, 1.807) is 0 Å². The van der Waals surface area contributed by atoms with E-state index in [1.807, 2.05) is 51.1 Å². The second-order valence-electron chi connectivity index (χ2n) is 6.51. The van der Waals surface area contributed by atoms with Gasteiger partial charge >= 0.3 is 0 Å². The van der Waals surface area contributed by atoms with E-state index in [1.165, 1.54) is 23.2 Å². The molecule has 2 amide bonds. The van der Waals surface area contributed by atoms with Gasteiger partial charge in [0.05, 0.1) is 12.0 Å². The molecule has 126 valence electrons. The molecule has 0 aromatic heterocycles. The number of rotatable bonds is 3. The van der Waals surface area contributed by atoms with Gasteiger partial charge in [-0.1, -0.05) is 36.4 Å². The van der Waals surface area contributed by atoms with Crippen molar-refractivity contribution >= 4 is 11.8 Å². The van der Waals surface area contributed by atoms with E-state index in [2.05, 4.69) is 5.43 Å². The Balaban J connectivity index is 2.17. The van der Waals surface area contributed by atoms with Crippen LogP contribution in [0.4, 0.5) is 4.39 Å². The molecule has 0 bridgehead atoms. The topological polar surface area (TPSA) is 49.4 Å². The van der Waals surface area contributed by atoms with Gasteiger partial charge in [-0.25, -0.2) is 9.40 Å². The minimum atomic E-state index is -0.616. The molecule has 0 heterocycles. The molecule has 24 heavy (non-hydrogen) atoms. The molecule has 0 aliphatic heterocycles. The van der Waals surface area contributed by atoms with Crippen molar-refractivity contribution in [2.45, 2.75) is 32.7 Å². The van der Waals surface area contributed by atoms with Crippen molar-refractivity contribution in [1.29, 1.82) is 0 Å². The summed E-state index contributed by atoms with van der Waals surface area (Å²) in [6, 6.07) is 14.7. The number of amides is 2. The highest BCUT2D eigenvalue weighted by molar-refractivity contribution is 5.95. The van der Waals surface area contributed by atoms with Gasteiger partial charge in [0, 0.05) is 5.56 Å². The van der Waals surface area contributed by atoms with Gasteiger partial charge in [0.15, 0.2) is 0 Å². The molecule has 0 saturated carbocycles. The van der Waals surface area contributed by atoms with E-state index in [-0.39, 0.29) is 17.9 Å². The quantitative estimate of drug-likeness (QED) is 0.879. The van der Waals surface area contributed by atoms with E-state index in [0.717, 1.165) is 11.6 Å². The number of hydrazine groups is 1. The van der Waals surface area contributed by atoms with Crippen molar-refractivity contribution in [2.75, 3.05) is 0 Å². The first-order chi connectivity index (χ1) is 11.3. The normalized spacial score (nSPS) is 11.0. The summed E-state index contributed by atoms with van der Waals surface area (Å²) in [6.07, 6.45) is 0.168. The second-order valence-corrected chi connectivity index (χ2v) is 6.51. The van der Waals surface area contributed by atoms with Crippen molar-refractivity contribution in [3.8, 4) is 0 Å². The molecule has 0 radical (unpaired) electrons. The van der Waals surface area contributed by atoms with Gasteiger partial charge in [0.25, 0.3) is 5.91 Å². The highest BCUT2D eigenvalue weighted by atomic mass is 19.1. The Morgan fingerprint density at radius 3 is 2.29 bits per heavy atom. The first-order valence-electron chi connectivity index (χ1n) is 7.71. The molecule has 0 spiro atoms. The first kappa shape index (κ1) is 17.7. The smallest absolute Gasteiger partial charge is 0.269 e. The van der Waals surface area contributed by atoms with Crippen molar-refractivity contribution in [3.63, 3.8) is 0 Å². The Kier molecular flexibility index (Phi) is 5.34. The van der Waals surface area contributed by atoms with Gasteiger partial charge in [-0.05, 0) is 44.5 Å². The lowest BCUT2D eigenvalue weighted by atomic mass is 10.1. The summed E-state index contributed by atoms with van der Waals surface area (Å²) in [7, 11) is 0. The summed E-state index contributed by atoms with van der Waals surface area (Å²) in [5.41, 5.74) is 3.00. The molecule has 0 aliphatic carbocycles. The largest absolute Gasteiger partial charge is 0.273 e. The molecule has 0 atom stereocenters. The summed E-state index contributed by atoms with van der Waals surface area (Å²) in [6.45, 7) is 5.46. The highest BCUT2D eigenvalue weighted by Crippen LogP contribution is 2.14. The summed E-state index contributed by atoms with van der Waals surface area (Å²) >= 11 is 0. The van der Waals surface area contributed by atoms with Crippen LogP contribution in [0.15, 0.2) is 54.6 Å². The zero-order valence-corrected chi connectivity index (χ0v) is 14.0. The van der Waals surface area contributed by atoms with Gasteiger partial charge in [0.1, 0.15) is 5.82 Å². The van der Waals surface area contributed by atoms with E-state index in [0.29, 0.717) is 0 Å². The van der Waals surface area contributed by atoms with Crippen LogP contribution < -0.4 is 5.43 Å². The fraction of sp³-hybridized carbons (Fsp3) is 0.263. The molecular formula is C19H21FN2O2. The standard InChI is InChI=1S/C19H21FN2O2/c1-19(2,3)22(17(23)12-14-8-5-4-6-9-14)21-18(24)15-10-7-11-16(20)13-15/h4-11,13H,12H2,1-3H3,(H,21,24). The number of nitrogens with zero attached hydrogens (tertiary/aromatic N) is 1. The van der Waals surface area contributed by atoms with Crippen LogP contribution in [0.1, 0.15) is 36.7 Å². The van der Waals surface area contributed by atoms with Crippen LogP contribution in [-0.4, -0.2) is 22.4 Å². The Morgan fingerprint density at radius 1 is 1.04 bits per heavy atom. The Morgan fingerprint density at radius 2 is 1.71 bits per heavy atom. The lowest BCUT2D eigenvalue weighted by Crippen LogP contribution is -2.56. The third kappa shape index (κ3) is 4.65. The number of carbonyl (C=O) groups is 2. The molecule has 2 aromatic rings. The zero-order chi connectivity index (χ0) is 17.7. The number of hydrogen-bond donors (Lipinski definition) is 1. The molecular weight excluding hydrogens is 307 g/mol. The van der Waals surface area contributed by atoms with Crippen LogP contribution in [-0.2, 0) is 11.2 Å². The predicted octanol–water partition coefficient (Wildman–Crippen LogP) is 3.34. The van der Waals surface area contributed by atoms with E-state index >= 15 is 0 Å². The van der Waals surface area contributed by atoms with Crippen LogP contribution in [0.2, 0.25) is 0 Å². The van der Waals surface area contributed by atoms with Gasteiger partial charge in [-0.2, -0.15) is 0 Å². The van der Waals surface area contributed by atoms with E-state index in [4.69, 9.17) is 0 Å². The maximum Gasteiger partial charge on any atom is 0.269 e. The number of benzene rings is 2. The minimum absolute atomic E-state index is 0.164. The van der Waals surface area contributed by atoms with Crippen molar-refractivity contribution in [3.05, 3.63) is 71.5 Å². The maximum absolute atomic E-state index is 13.3. The van der Waals surface area contributed by atoms with Crippen LogP contribution >= 0.6 is 0 Å². The summed E-state index contributed by atoms with van der Waals surface area (Å²) < 4.78 is 13.3. The molecule has 1 N–H and O–H groups in total. The number of carbonyl (C=O) groups excluding carboxylic acids is 2. The average Bonchev–Trinajstić information content (AvgIpc) is 2.52. The first-order valence-corrected chi connectivity index (χ1v) is 7.71. The predicted molar refractivity (Wildman–Crippen MR) is 90.6 cm³/mol. The zero-order valence-electron chi connectivity index (χ0n) is 14.0. The lowest BCUT2D eigenvalue weighted by molar-refractivity contribution is -0.138. The summed E-state index contributed by atoms with van der Waals surface area (Å²) in [5.74, 6) is -1.26. The van der Waals surface area contributed by atoms with Crippen LogP contribution in [0, 0.1) is 5.82 Å². The fourth-order valence-electron chi connectivity index (χ4n) is 2.25. The average molecular weight is 328 g/mol. The molecule has 5 heteroatoms. The van der Waals surface area contributed by atoms with E-state index in [9.17, 15) is 14.0 Å². The monoisotopic (exact) mass is 328 g/mol. The van der Waals surface area contributed by atoms with Crippen molar-refractivity contribution in [2.24, 2.45) is 0 Å². The fourth-order valence-corrected chi connectivity index (χ4v) is 2.25.